The lowest BCUT2D eigenvalue weighted by Gasteiger charge is -2.43. The van der Waals surface area contributed by atoms with Gasteiger partial charge in [0.2, 0.25) is 0 Å². The van der Waals surface area contributed by atoms with Crippen LogP contribution in [-0.2, 0) is 5.41 Å². The molecule has 2 rings (SSSR count). The SMILES string of the molecule is C=CC1(c2ccccc2)C=CC=CC1(C)C. The molecule has 1 aliphatic rings. The minimum Gasteiger partial charge on any atom is -0.102 e. The molecule has 1 aromatic rings. The summed E-state index contributed by atoms with van der Waals surface area (Å²) in [7, 11) is 0. The summed E-state index contributed by atoms with van der Waals surface area (Å²) < 4.78 is 0. The van der Waals surface area contributed by atoms with E-state index in [0.29, 0.717) is 0 Å². The molecule has 0 bridgehead atoms. The van der Waals surface area contributed by atoms with Crippen LogP contribution in [0.1, 0.15) is 19.4 Å². The van der Waals surface area contributed by atoms with Crippen LogP contribution < -0.4 is 0 Å². The topological polar surface area (TPSA) is 0 Å². The summed E-state index contributed by atoms with van der Waals surface area (Å²) in [5, 5.41) is 0. The maximum absolute atomic E-state index is 4.04. The van der Waals surface area contributed by atoms with Gasteiger partial charge >= 0.3 is 0 Å². The monoisotopic (exact) mass is 210 g/mol. The molecule has 0 N–H and O–H groups in total. The summed E-state index contributed by atoms with van der Waals surface area (Å²) in [4.78, 5) is 0. The first-order valence-electron chi connectivity index (χ1n) is 5.68. The van der Waals surface area contributed by atoms with Crippen molar-refractivity contribution in [2.24, 2.45) is 5.41 Å². The normalized spacial score (nSPS) is 26.6. The number of rotatable bonds is 2. The van der Waals surface area contributed by atoms with Crippen LogP contribution in [0.15, 0.2) is 67.3 Å². The van der Waals surface area contributed by atoms with Gasteiger partial charge in [0.1, 0.15) is 0 Å². The average molecular weight is 210 g/mol. The first-order chi connectivity index (χ1) is 7.62. The summed E-state index contributed by atoms with van der Waals surface area (Å²) in [5.74, 6) is 0. The Kier molecular flexibility index (Phi) is 2.59. The van der Waals surface area contributed by atoms with E-state index < -0.39 is 0 Å². The first-order valence-corrected chi connectivity index (χ1v) is 5.68. The van der Waals surface area contributed by atoms with Crippen LogP contribution in [-0.4, -0.2) is 0 Å². The van der Waals surface area contributed by atoms with Crippen LogP contribution in [0, 0.1) is 5.41 Å². The van der Waals surface area contributed by atoms with E-state index in [1.54, 1.807) is 0 Å². The van der Waals surface area contributed by atoms with Crippen molar-refractivity contribution in [1.29, 1.82) is 0 Å². The van der Waals surface area contributed by atoms with Crippen LogP contribution in [0.5, 0.6) is 0 Å². The zero-order valence-electron chi connectivity index (χ0n) is 9.98. The quantitative estimate of drug-likeness (QED) is 0.640. The minimum absolute atomic E-state index is 0.0604. The number of hydrogen-bond donors (Lipinski definition) is 0. The molecule has 1 atom stereocenters. The molecule has 1 aromatic carbocycles. The molecule has 82 valence electrons. The average Bonchev–Trinajstić information content (AvgIpc) is 2.30. The van der Waals surface area contributed by atoms with E-state index >= 15 is 0 Å². The van der Waals surface area contributed by atoms with Crippen molar-refractivity contribution in [2.45, 2.75) is 19.3 Å². The predicted molar refractivity (Wildman–Crippen MR) is 70.4 cm³/mol. The van der Waals surface area contributed by atoms with Gasteiger partial charge in [-0.3, -0.25) is 0 Å². The van der Waals surface area contributed by atoms with Gasteiger partial charge in [0.05, 0.1) is 0 Å². The minimum atomic E-state index is -0.0942. The van der Waals surface area contributed by atoms with Crippen molar-refractivity contribution in [1.82, 2.24) is 0 Å². The molecule has 0 saturated carbocycles. The van der Waals surface area contributed by atoms with Gasteiger partial charge in [-0.05, 0) is 11.0 Å². The largest absolute Gasteiger partial charge is 0.102 e. The summed E-state index contributed by atoms with van der Waals surface area (Å²) in [6, 6.07) is 10.6. The fourth-order valence-corrected chi connectivity index (χ4v) is 2.49. The van der Waals surface area contributed by atoms with E-state index in [4.69, 9.17) is 0 Å². The molecular weight excluding hydrogens is 192 g/mol. The lowest BCUT2D eigenvalue weighted by molar-refractivity contribution is 0.337. The van der Waals surface area contributed by atoms with Crippen molar-refractivity contribution in [2.75, 3.05) is 0 Å². The lowest BCUT2D eigenvalue weighted by Crippen LogP contribution is -2.38. The third-order valence-corrected chi connectivity index (χ3v) is 3.62. The van der Waals surface area contributed by atoms with E-state index in [-0.39, 0.29) is 10.8 Å². The molecule has 0 nitrogen and oxygen atoms in total. The van der Waals surface area contributed by atoms with Crippen LogP contribution in [0.4, 0.5) is 0 Å². The number of hydrogen-bond acceptors (Lipinski definition) is 0. The van der Waals surface area contributed by atoms with Crippen molar-refractivity contribution >= 4 is 0 Å². The molecule has 16 heavy (non-hydrogen) atoms. The highest BCUT2D eigenvalue weighted by Gasteiger charge is 2.41. The molecule has 0 radical (unpaired) electrons. The van der Waals surface area contributed by atoms with E-state index in [1.165, 1.54) is 5.56 Å². The molecule has 0 heteroatoms. The van der Waals surface area contributed by atoms with Gasteiger partial charge in [-0.25, -0.2) is 0 Å². The standard InChI is InChI=1S/C16H18/c1-4-16(14-10-6-5-7-11-14)13-9-8-12-15(16,2)3/h4-13H,1H2,2-3H3. The molecule has 1 unspecified atom stereocenters. The third kappa shape index (κ3) is 1.46. The highest BCUT2D eigenvalue weighted by Crippen LogP contribution is 2.46. The Hall–Kier alpha value is -1.56. The Balaban J connectivity index is 2.60. The second-order valence-electron chi connectivity index (χ2n) is 4.88. The van der Waals surface area contributed by atoms with Crippen molar-refractivity contribution in [3.05, 3.63) is 72.9 Å². The Bertz CT molecular complexity index is 434. The summed E-state index contributed by atoms with van der Waals surface area (Å²) >= 11 is 0. The van der Waals surface area contributed by atoms with Crippen LogP contribution in [0.2, 0.25) is 0 Å². The van der Waals surface area contributed by atoms with Gasteiger partial charge in [0.25, 0.3) is 0 Å². The predicted octanol–water partition coefficient (Wildman–Crippen LogP) is 4.26. The van der Waals surface area contributed by atoms with Crippen molar-refractivity contribution in [3.63, 3.8) is 0 Å². The molecule has 0 amide bonds. The Morgan fingerprint density at radius 3 is 2.19 bits per heavy atom. The molecule has 0 fully saturated rings. The van der Waals surface area contributed by atoms with Gasteiger partial charge in [-0.2, -0.15) is 0 Å². The van der Waals surface area contributed by atoms with Gasteiger partial charge in [0, 0.05) is 5.41 Å². The Labute approximate surface area is 98.0 Å². The van der Waals surface area contributed by atoms with Gasteiger partial charge in [0.15, 0.2) is 0 Å². The van der Waals surface area contributed by atoms with Gasteiger partial charge < -0.3 is 0 Å². The smallest absolute Gasteiger partial charge is 0.0398 e. The zero-order valence-corrected chi connectivity index (χ0v) is 9.98. The number of benzene rings is 1. The fourth-order valence-electron chi connectivity index (χ4n) is 2.49. The maximum atomic E-state index is 4.04. The highest BCUT2D eigenvalue weighted by atomic mass is 14.4. The highest BCUT2D eigenvalue weighted by molar-refractivity contribution is 5.44. The molecule has 0 saturated heterocycles. The summed E-state index contributed by atoms with van der Waals surface area (Å²) in [6.07, 6.45) is 10.8. The molecule has 1 aliphatic carbocycles. The fraction of sp³-hybridized carbons (Fsp3) is 0.250. The third-order valence-electron chi connectivity index (χ3n) is 3.62. The van der Waals surface area contributed by atoms with Crippen LogP contribution in [0.25, 0.3) is 0 Å². The van der Waals surface area contributed by atoms with Crippen molar-refractivity contribution in [3.8, 4) is 0 Å². The second kappa shape index (κ2) is 3.79. The molecular formula is C16H18. The van der Waals surface area contributed by atoms with Gasteiger partial charge in [-0.15, -0.1) is 6.58 Å². The molecule has 0 heterocycles. The zero-order chi connectivity index (χ0) is 11.6. The first kappa shape index (κ1) is 10.9. The Morgan fingerprint density at radius 2 is 1.62 bits per heavy atom. The second-order valence-corrected chi connectivity index (χ2v) is 4.88. The van der Waals surface area contributed by atoms with Crippen LogP contribution in [0.3, 0.4) is 0 Å². The van der Waals surface area contributed by atoms with Crippen LogP contribution >= 0.6 is 0 Å². The lowest BCUT2D eigenvalue weighted by atomic mass is 9.60. The maximum Gasteiger partial charge on any atom is 0.0398 e. The number of allylic oxidation sites excluding steroid dienone is 5. The Morgan fingerprint density at radius 1 is 1.00 bits per heavy atom. The molecule has 0 spiro atoms. The van der Waals surface area contributed by atoms with E-state index in [9.17, 15) is 0 Å². The van der Waals surface area contributed by atoms with Crippen molar-refractivity contribution < 1.29 is 0 Å². The van der Waals surface area contributed by atoms with E-state index in [2.05, 4.69) is 81.1 Å². The molecule has 0 aromatic heterocycles. The van der Waals surface area contributed by atoms with E-state index in [1.807, 2.05) is 0 Å². The molecule has 0 aliphatic heterocycles. The van der Waals surface area contributed by atoms with Gasteiger partial charge in [-0.1, -0.05) is 74.6 Å². The summed E-state index contributed by atoms with van der Waals surface area (Å²) in [6.45, 7) is 8.55. The summed E-state index contributed by atoms with van der Waals surface area (Å²) in [5.41, 5.74) is 1.27. The van der Waals surface area contributed by atoms with E-state index in [0.717, 1.165) is 0 Å².